The highest BCUT2D eigenvalue weighted by Gasteiger charge is 2.08. The van der Waals surface area contributed by atoms with E-state index in [9.17, 15) is 9.59 Å². The lowest BCUT2D eigenvalue weighted by molar-refractivity contribution is -0.116. The third kappa shape index (κ3) is 5.35. The van der Waals surface area contributed by atoms with E-state index in [2.05, 4.69) is 10.3 Å². The van der Waals surface area contributed by atoms with Crippen LogP contribution < -0.4 is 5.32 Å². The molecule has 0 unspecified atom stereocenters. The lowest BCUT2D eigenvalue weighted by Crippen LogP contribution is -2.24. The molecule has 2 amide bonds. The zero-order chi connectivity index (χ0) is 17.4. The Balaban J connectivity index is 1.83. The van der Waals surface area contributed by atoms with Gasteiger partial charge in [-0.3, -0.25) is 14.6 Å². The summed E-state index contributed by atoms with van der Waals surface area (Å²) >= 11 is 0. The second-order valence-electron chi connectivity index (χ2n) is 5.56. The lowest BCUT2D eigenvalue weighted by Gasteiger charge is -2.11. The Kier molecular flexibility index (Phi) is 6.25. The first-order chi connectivity index (χ1) is 11.6. The Morgan fingerprint density at radius 2 is 2.04 bits per heavy atom. The fraction of sp³-hybridized carbons (Fsp3) is 0.211. The van der Waals surface area contributed by atoms with Gasteiger partial charge in [0, 0.05) is 44.7 Å². The maximum Gasteiger partial charge on any atom is 0.253 e. The molecule has 0 aliphatic heterocycles. The average Bonchev–Trinajstić information content (AvgIpc) is 2.60. The molecule has 24 heavy (non-hydrogen) atoms. The van der Waals surface area contributed by atoms with Gasteiger partial charge < -0.3 is 10.2 Å². The van der Waals surface area contributed by atoms with E-state index < -0.39 is 0 Å². The maximum atomic E-state index is 11.9. The summed E-state index contributed by atoms with van der Waals surface area (Å²) in [6, 6.07) is 11.2. The van der Waals surface area contributed by atoms with Crippen LogP contribution in [0.3, 0.4) is 0 Å². The van der Waals surface area contributed by atoms with E-state index in [4.69, 9.17) is 0 Å². The number of carbonyl (C=O) groups excluding carboxylic acids is 2. The van der Waals surface area contributed by atoms with E-state index in [1.54, 1.807) is 43.5 Å². The van der Waals surface area contributed by atoms with Crippen LogP contribution in [0.5, 0.6) is 0 Å². The molecule has 0 radical (unpaired) electrons. The van der Waals surface area contributed by atoms with Gasteiger partial charge in [-0.25, -0.2) is 0 Å². The second kappa shape index (κ2) is 8.62. The van der Waals surface area contributed by atoms with Gasteiger partial charge in [0.15, 0.2) is 0 Å². The minimum Gasteiger partial charge on any atom is -0.352 e. The van der Waals surface area contributed by atoms with E-state index >= 15 is 0 Å². The molecule has 0 spiro atoms. The van der Waals surface area contributed by atoms with Crippen LogP contribution in [0.25, 0.3) is 6.08 Å². The summed E-state index contributed by atoms with van der Waals surface area (Å²) in [7, 11) is 3.45. The van der Waals surface area contributed by atoms with Gasteiger partial charge in [0.1, 0.15) is 0 Å². The normalized spacial score (nSPS) is 10.6. The molecular weight excluding hydrogens is 302 g/mol. The minimum absolute atomic E-state index is 0.0275. The molecular formula is C19H21N3O2. The van der Waals surface area contributed by atoms with Crippen LogP contribution >= 0.6 is 0 Å². The van der Waals surface area contributed by atoms with Crippen molar-refractivity contribution in [2.24, 2.45) is 0 Å². The van der Waals surface area contributed by atoms with Crippen LogP contribution in [0.15, 0.2) is 54.9 Å². The monoisotopic (exact) mass is 323 g/mol. The number of benzene rings is 1. The Hall–Kier alpha value is -2.95. The molecule has 0 bridgehead atoms. The highest BCUT2D eigenvalue weighted by Crippen LogP contribution is 2.07. The van der Waals surface area contributed by atoms with E-state index in [0.29, 0.717) is 18.5 Å². The van der Waals surface area contributed by atoms with Crippen molar-refractivity contribution in [1.29, 1.82) is 0 Å². The van der Waals surface area contributed by atoms with Gasteiger partial charge >= 0.3 is 0 Å². The highest BCUT2D eigenvalue weighted by atomic mass is 16.2. The van der Waals surface area contributed by atoms with Crippen molar-refractivity contribution in [2.45, 2.75) is 6.42 Å². The number of rotatable bonds is 6. The number of pyridine rings is 1. The summed E-state index contributed by atoms with van der Waals surface area (Å²) in [6.45, 7) is 0.510. The van der Waals surface area contributed by atoms with Gasteiger partial charge in [0.05, 0.1) is 0 Å². The Labute approximate surface area is 142 Å². The van der Waals surface area contributed by atoms with Crippen LogP contribution in [0.2, 0.25) is 0 Å². The fourth-order valence-corrected chi connectivity index (χ4v) is 2.15. The van der Waals surface area contributed by atoms with Crippen molar-refractivity contribution in [3.05, 3.63) is 71.6 Å². The minimum atomic E-state index is -0.153. The summed E-state index contributed by atoms with van der Waals surface area (Å²) in [4.78, 5) is 29.3. The first kappa shape index (κ1) is 17.4. The standard InChI is InChI=1S/C19H21N3O2/c1-22(2)19(24)17-7-3-5-15(13-17)10-12-21-18(23)9-8-16-6-4-11-20-14-16/h3-9,11,13-14H,10,12H2,1-2H3,(H,21,23)/b9-8-. The number of hydrogen-bond donors (Lipinski definition) is 1. The van der Waals surface area contributed by atoms with Crippen LogP contribution in [0, 0.1) is 0 Å². The molecule has 0 saturated carbocycles. The number of nitrogens with one attached hydrogen (secondary N) is 1. The first-order valence-electron chi connectivity index (χ1n) is 7.73. The fourth-order valence-electron chi connectivity index (χ4n) is 2.15. The number of nitrogens with zero attached hydrogens (tertiary/aromatic N) is 2. The molecule has 1 aromatic heterocycles. The topological polar surface area (TPSA) is 62.3 Å². The SMILES string of the molecule is CN(C)C(=O)c1cccc(CCNC(=O)/C=C\c2cccnc2)c1. The third-order valence-corrected chi connectivity index (χ3v) is 3.40. The summed E-state index contributed by atoms with van der Waals surface area (Å²) in [5, 5.41) is 2.83. The van der Waals surface area contributed by atoms with Crippen molar-refractivity contribution in [2.75, 3.05) is 20.6 Å². The zero-order valence-corrected chi connectivity index (χ0v) is 13.9. The highest BCUT2D eigenvalue weighted by molar-refractivity contribution is 5.94. The van der Waals surface area contributed by atoms with Crippen LogP contribution in [0.1, 0.15) is 21.5 Å². The summed E-state index contributed by atoms with van der Waals surface area (Å²) in [6.07, 6.45) is 7.26. The molecule has 2 aromatic rings. The molecule has 0 atom stereocenters. The molecule has 5 heteroatoms. The summed E-state index contributed by atoms with van der Waals surface area (Å²) in [5.41, 5.74) is 2.54. The summed E-state index contributed by atoms with van der Waals surface area (Å²) in [5.74, 6) is -0.181. The van der Waals surface area contributed by atoms with Crippen LogP contribution in [-0.2, 0) is 11.2 Å². The zero-order valence-electron chi connectivity index (χ0n) is 13.9. The van der Waals surface area contributed by atoms with E-state index in [-0.39, 0.29) is 11.8 Å². The lowest BCUT2D eigenvalue weighted by atomic mass is 10.1. The Morgan fingerprint density at radius 1 is 1.21 bits per heavy atom. The number of amides is 2. The molecule has 124 valence electrons. The predicted octanol–water partition coefficient (Wildman–Crippen LogP) is 2.16. The van der Waals surface area contributed by atoms with Crippen molar-refractivity contribution >= 4 is 17.9 Å². The molecule has 1 heterocycles. The van der Waals surface area contributed by atoms with Crippen molar-refractivity contribution in [3.8, 4) is 0 Å². The van der Waals surface area contributed by atoms with E-state index in [0.717, 1.165) is 11.1 Å². The van der Waals surface area contributed by atoms with Gasteiger partial charge in [-0.1, -0.05) is 18.2 Å². The molecule has 0 aliphatic rings. The van der Waals surface area contributed by atoms with Gasteiger partial charge in [0.25, 0.3) is 5.91 Å². The molecule has 0 fully saturated rings. The molecule has 0 aliphatic carbocycles. The number of hydrogen-bond acceptors (Lipinski definition) is 3. The van der Waals surface area contributed by atoms with Crippen molar-refractivity contribution in [1.82, 2.24) is 15.2 Å². The molecule has 1 N–H and O–H groups in total. The number of carbonyl (C=O) groups is 2. The Bertz CT molecular complexity index is 724. The Morgan fingerprint density at radius 3 is 2.75 bits per heavy atom. The molecule has 2 rings (SSSR count). The first-order valence-corrected chi connectivity index (χ1v) is 7.73. The molecule has 0 saturated heterocycles. The van der Waals surface area contributed by atoms with Gasteiger partial charge in [-0.2, -0.15) is 0 Å². The molecule has 5 nitrogen and oxygen atoms in total. The maximum absolute atomic E-state index is 11.9. The van der Waals surface area contributed by atoms with Gasteiger partial charge in [-0.15, -0.1) is 0 Å². The predicted molar refractivity (Wildman–Crippen MR) is 94.4 cm³/mol. The largest absolute Gasteiger partial charge is 0.352 e. The van der Waals surface area contributed by atoms with Crippen LogP contribution in [0.4, 0.5) is 0 Å². The molecule has 1 aromatic carbocycles. The van der Waals surface area contributed by atoms with E-state index in [1.807, 2.05) is 30.3 Å². The number of aromatic nitrogens is 1. The third-order valence-electron chi connectivity index (χ3n) is 3.40. The van der Waals surface area contributed by atoms with Gasteiger partial charge in [-0.05, 0) is 41.8 Å². The quantitative estimate of drug-likeness (QED) is 0.829. The van der Waals surface area contributed by atoms with Gasteiger partial charge in [0.2, 0.25) is 5.91 Å². The smallest absolute Gasteiger partial charge is 0.253 e. The van der Waals surface area contributed by atoms with E-state index in [1.165, 1.54) is 6.08 Å². The second-order valence-corrected chi connectivity index (χ2v) is 5.56. The average molecular weight is 323 g/mol. The summed E-state index contributed by atoms with van der Waals surface area (Å²) < 4.78 is 0. The van der Waals surface area contributed by atoms with Crippen LogP contribution in [-0.4, -0.2) is 42.3 Å². The van der Waals surface area contributed by atoms with Crippen molar-refractivity contribution in [3.63, 3.8) is 0 Å². The van der Waals surface area contributed by atoms with Crippen molar-refractivity contribution < 1.29 is 9.59 Å².